The summed E-state index contributed by atoms with van der Waals surface area (Å²) in [6.45, 7) is 3.33. The van der Waals surface area contributed by atoms with E-state index in [4.69, 9.17) is 9.47 Å². The summed E-state index contributed by atoms with van der Waals surface area (Å²) >= 11 is 0. The van der Waals surface area contributed by atoms with Gasteiger partial charge in [0.1, 0.15) is 11.5 Å². The first-order chi connectivity index (χ1) is 12.2. The second kappa shape index (κ2) is 10.4. The number of carbonyl (C=O) groups is 1. The van der Waals surface area contributed by atoms with Gasteiger partial charge in [0, 0.05) is 13.0 Å². The molecule has 1 amide bonds. The van der Waals surface area contributed by atoms with Crippen molar-refractivity contribution in [2.75, 3.05) is 20.3 Å². The largest absolute Gasteiger partial charge is 0.497 e. The summed E-state index contributed by atoms with van der Waals surface area (Å²) < 4.78 is 10.7. The number of hydrogen-bond acceptors (Lipinski definition) is 3. The van der Waals surface area contributed by atoms with E-state index in [1.165, 1.54) is 11.1 Å². The van der Waals surface area contributed by atoms with Gasteiger partial charge in [0.15, 0.2) is 0 Å². The van der Waals surface area contributed by atoms with Crippen molar-refractivity contribution in [1.82, 2.24) is 5.32 Å². The van der Waals surface area contributed by atoms with Gasteiger partial charge in [-0.05, 0) is 56.0 Å². The highest BCUT2D eigenvalue weighted by Gasteiger charge is 2.02. The van der Waals surface area contributed by atoms with E-state index in [0.717, 1.165) is 24.3 Å². The molecule has 2 aromatic carbocycles. The van der Waals surface area contributed by atoms with E-state index in [1.54, 1.807) is 7.11 Å². The third-order valence-corrected chi connectivity index (χ3v) is 3.96. The van der Waals surface area contributed by atoms with Crippen LogP contribution in [-0.4, -0.2) is 26.2 Å². The maximum absolute atomic E-state index is 11.8. The van der Waals surface area contributed by atoms with Crippen LogP contribution < -0.4 is 14.8 Å². The fourth-order valence-corrected chi connectivity index (χ4v) is 2.46. The Hall–Kier alpha value is -2.49. The van der Waals surface area contributed by atoms with Crippen molar-refractivity contribution in [2.45, 2.75) is 32.6 Å². The molecule has 0 aliphatic rings. The Labute approximate surface area is 150 Å². The minimum absolute atomic E-state index is 0.0854. The molecular formula is C21H27NO3. The van der Waals surface area contributed by atoms with Crippen molar-refractivity contribution in [1.29, 1.82) is 0 Å². The van der Waals surface area contributed by atoms with E-state index >= 15 is 0 Å². The summed E-state index contributed by atoms with van der Waals surface area (Å²) in [7, 11) is 1.63. The number of nitrogens with one attached hydrogen (secondary N) is 1. The number of ether oxygens (including phenoxy) is 2. The van der Waals surface area contributed by atoms with Crippen LogP contribution in [0.2, 0.25) is 0 Å². The molecule has 0 aliphatic heterocycles. The lowest BCUT2D eigenvalue weighted by Crippen LogP contribution is -2.24. The lowest BCUT2D eigenvalue weighted by molar-refractivity contribution is -0.121. The zero-order valence-corrected chi connectivity index (χ0v) is 15.1. The van der Waals surface area contributed by atoms with Crippen molar-refractivity contribution in [3.8, 4) is 11.5 Å². The predicted octanol–water partition coefficient (Wildman–Crippen LogP) is 3.91. The van der Waals surface area contributed by atoms with Crippen LogP contribution in [0.3, 0.4) is 0 Å². The molecule has 2 aromatic rings. The highest BCUT2D eigenvalue weighted by Crippen LogP contribution is 2.17. The van der Waals surface area contributed by atoms with Gasteiger partial charge in [0.05, 0.1) is 13.7 Å². The summed E-state index contributed by atoms with van der Waals surface area (Å²) in [5, 5.41) is 2.97. The van der Waals surface area contributed by atoms with Gasteiger partial charge in [-0.15, -0.1) is 0 Å². The topological polar surface area (TPSA) is 47.6 Å². The molecule has 134 valence electrons. The van der Waals surface area contributed by atoms with E-state index < -0.39 is 0 Å². The standard InChI is InChI=1S/C21H27NO3/c1-17-7-9-18(10-8-17)5-3-15-22-21(23)6-4-16-25-20-13-11-19(24-2)12-14-20/h7-14H,3-6,15-16H2,1-2H3,(H,22,23). The van der Waals surface area contributed by atoms with Crippen molar-refractivity contribution >= 4 is 5.91 Å². The number of aryl methyl sites for hydroxylation is 2. The van der Waals surface area contributed by atoms with Crippen molar-refractivity contribution in [2.24, 2.45) is 0 Å². The first kappa shape index (κ1) is 18.8. The Morgan fingerprint density at radius 2 is 1.64 bits per heavy atom. The predicted molar refractivity (Wildman–Crippen MR) is 100 cm³/mol. The number of methoxy groups -OCH3 is 1. The molecule has 0 radical (unpaired) electrons. The molecule has 0 saturated heterocycles. The number of amides is 1. The zero-order valence-electron chi connectivity index (χ0n) is 15.1. The van der Waals surface area contributed by atoms with Gasteiger partial charge in [0.25, 0.3) is 0 Å². The van der Waals surface area contributed by atoms with Crippen LogP contribution in [0, 0.1) is 6.92 Å². The van der Waals surface area contributed by atoms with E-state index in [-0.39, 0.29) is 5.91 Å². The van der Waals surface area contributed by atoms with Gasteiger partial charge >= 0.3 is 0 Å². The summed E-state index contributed by atoms with van der Waals surface area (Å²) in [4.78, 5) is 11.8. The minimum atomic E-state index is 0.0854. The van der Waals surface area contributed by atoms with Crippen LogP contribution in [0.4, 0.5) is 0 Å². The molecule has 4 nitrogen and oxygen atoms in total. The number of benzene rings is 2. The molecule has 0 bridgehead atoms. The number of rotatable bonds is 10. The highest BCUT2D eigenvalue weighted by molar-refractivity contribution is 5.75. The van der Waals surface area contributed by atoms with Crippen LogP contribution in [0.1, 0.15) is 30.4 Å². The molecule has 0 spiro atoms. The lowest BCUT2D eigenvalue weighted by atomic mass is 10.1. The molecule has 0 heterocycles. The third kappa shape index (κ3) is 7.29. The first-order valence-corrected chi connectivity index (χ1v) is 8.76. The maximum Gasteiger partial charge on any atom is 0.220 e. The van der Waals surface area contributed by atoms with E-state index in [9.17, 15) is 4.79 Å². The van der Waals surface area contributed by atoms with E-state index in [1.807, 2.05) is 24.3 Å². The average molecular weight is 341 g/mol. The summed E-state index contributed by atoms with van der Waals surface area (Å²) in [6.07, 6.45) is 3.13. The van der Waals surface area contributed by atoms with Crippen LogP contribution in [0.25, 0.3) is 0 Å². The number of carbonyl (C=O) groups excluding carboxylic acids is 1. The molecule has 0 atom stereocenters. The van der Waals surface area contributed by atoms with E-state index in [0.29, 0.717) is 26.0 Å². The molecule has 0 saturated carbocycles. The Bertz CT molecular complexity index is 635. The fraction of sp³-hybridized carbons (Fsp3) is 0.381. The van der Waals surface area contributed by atoms with Gasteiger partial charge in [-0.2, -0.15) is 0 Å². The van der Waals surface area contributed by atoms with Gasteiger partial charge in [0.2, 0.25) is 5.91 Å². The summed E-state index contributed by atoms with van der Waals surface area (Å²) in [6, 6.07) is 16.0. The van der Waals surface area contributed by atoms with Crippen LogP contribution in [-0.2, 0) is 11.2 Å². The molecular weight excluding hydrogens is 314 g/mol. The Balaban J connectivity index is 1.52. The van der Waals surface area contributed by atoms with E-state index in [2.05, 4.69) is 36.5 Å². The monoisotopic (exact) mass is 341 g/mol. The Morgan fingerprint density at radius 3 is 2.32 bits per heavy atom. The van der Waals surface area contributed by atoms with Crippen molar-refractivity contribution < 1.29 is 14.3 Å². The first-order valence-electron chi connectivity index (χ1n) is 8.76. The summed E-state index contributed by atoms with van der Waals surface area (Å²) in [5.74, 6) is 1.68. The summed E-state index contributed by atoms with van der Waals surface area (Å²) in [5.41, 5.74) is 2.58. The normalized spacial score (nSPS) is 10.3. The van der Waals surface area contributed by atoms with Crippen LogP contribution in [0.15, 0.2) is 48.5 Å². The van der Waals surface area contributed by atoms with Crippen molar-refractivity contribution in [3.63, 3.8) is 0 Å². The Kier molecular flexibility index (Phi) is 7.83. The molecule has 2 rings (SSSR count). The molecule has 0 aromatic heterocycles. The van der Waals surface area contributed by atoms with Gasteiger partial charge in [-0.25, -0.2) is 0 Å². The molecule has 1 N–H and O–H groups in total. The zero-order chi connectivity index (χ0) is 17.9. The van der Waals surface area contributed by atoms with Crippen molar-refractivity contribution in [3.05, 3.63) is 59.7 Å². The average Bonchev–Trinajstić information content (AvgIpc) is 2.64. The molecule has 0 unspecified atom stereocenters. The fourth-order valence-electron chi connectivity index (χ4n) is 2.46. The SMILES string of the molecule is COc1ccc(OCCCC(=O)NCCCc2ccc(C)cc2)cc1. The van der Waals surface area contributed by atoms with Gasteiger partial charge in [-0.3, -0.25) is 4.79 Å². The quantitative estimate of drug-likeness (QED) is 0.667. The highest BCUT2D eigenvalue weighted by atomic mass is 16.5. The second-order valence-corrected chi connectivity index (χ2v) is 6.07. The molecule has 4 heteroatoms. The number of hydrogen-bond donors (Lipinski definition) is 1. The lowest BCUT2D eigenvalue weighted by Gasteiger charge is -2.08. The van der Waals surface area contributed by atoms with Crippen LogP contribution in [0.5, 0.6) is 11.5 Å². The smallest absolute Gasteiger partial charge is 0.220 e. The van der Waals surface area contributed by atoms with Gasteiger partial charge in [-0.1, -0.05) is 29.8 Å². The molecule has 0 aliphatic carbocycles. The third-order valence-electron chi connectivity index (χ3n) is 3.96. The minimum Gasteiger partial charge on any atom is -0.497 e. The second-order valence-electron chi connectivity index (χ2n) is 6.07. The Morgan fingerprint density at radius 1 is 0.960 bits per heavy atom. The molecule has 0 fully saturated rings. The van der Waals surface area contributed by atoms with Crippen LogP contribution >= 0.6 is 0 Å². The van der Waals surface area contributed by atoms with Gasteiger partial charge < -0.3 is 14.8 Å². The molecule has 25 heavy (non-hydrogen) atoms. The maximum atomic E-state index is 11.8.